The molecule has 0 amide bonds. The van der Waals surface area contributed by atoms with Crippen molar-refractivity contribution in [3.63, 3.8) is 0 Å². The van der Waals surface area contributed by atoms with E-state index in [2.05, 4.69) is 6.92 Å². The third-order valence-corrected chi connectivity index (χ3v) is 6.56. The summed E-state index contributed by atoms with van der Waals surface area (Å²) in [5.74, 6) is 0.436. The van der Waals surface area contributed by atoms with Gasteiger partial charge in [0.25, 0.3) is 0 Å². The molecule has 0 aromatic heterocycles. The third kappa shape index (κ3) is 2.84. The van der Waals surface area contributed by atoms with Crippen molar-refractivity contribution in [1.82, 2.24) is 0 Å². The molecule has 3 atom stereocenters. The molecule has 3 nitrogen and oxygen atoms in total. The molecule has 19 heavy (non-hydrogen) atoms. The fraction of sp³-hybridized carbons (Fsp3) is 0.600. The Kier molecular flexibility index (Phi) is 4.02. The molecule has 2 N–H and O–H groups in total. The minimum absolute atomic E-state index is 0.234. The van der Waals surface area contributed by atoms with Crippen molar-refractivity contribution in [1.29, 1.82) is 0 Å². The van der Waals surface area contributed by atoms with Crippen LogP contribution in [0, 0.1) is 19.8 Å². The molecular formula is C15H23NO2S. The Bertz CT molecular complexity index is 566. The predicted octanol–water partition coefficient (Wildman–Crippen LogP) is 2.59. The normalized spacial score (nSPS) is 28.3. The van der Waals surface area contributed by atoms with Crippen molar-refractivity contribution in [2.75, 3.05) is 0 Å². The number of hydrogen-bond donors (Lipinski definition) is 1. The number of nitrogens with two attached hydrogens (primary N) is 1. The molecule has 0 heterocycles. The molecule has 0 radical (unpaired) electrons. The van der Waals surface area contributed by atoms with Gasteiger partial charge >= 0.3 is 0 Å². The Labute approximate surface area is 116 Å². The fourth-order valence-corrected chi connectivity index (χ4v) is 4.90. The van der Waals surface area contributed by atoms with Crippen LogP contribution in [-0.2, 0) is 9.84 Å². The first-order valence-corrected chi connectivity index (χ1v) is 8.43. The molecule has 0 spiro atoms. The lowest BCUT2D eigenvalue weighted by molar-refractivity contribution is 0.346. The number of rotatable bonds is 2. The molecule has 106 valence electrons. The highest BCUT2D eigenvalue weighted by Crippen LogP contribution is 2.31. The molecule has 1 saturated carbocycles. The van der Waals surface area contributed by atoms with Crippen molar-refractivity contribution in [3.8, 4) is 0 Å². The smallest absolute Gasteiger partial charge is 0.182 e. The van der Waals surface area contributed by atoms with Crippen LogP contribution < -0.4 is 5.73 Å². The first-order chi connectivity index (χ1) is 8.82. The van der Waals surface area contributed by atoms with Gasteiger partial charge in [0.2, 0.25) is 0 Å². The van der Waals surface area contributed by atoms with Gasteiger partial charge in [-0.2, -0.15) is 0 Å². The number of sulfone groups is 1. The number of aryl methyl sites for hydroxylation is 2. The van der Waals surface area contributed by atoms with Crippen LogP contribution >= 0.6 is 0 Å². The van der Waals surface area contributed by atoms with E-state index in [4.69, 9.17) is 5.73 Å². The Morgan fingerprint density at radius 3 is 2.47 bits per heavy atom. The highest BCUT2D eigenvalue weighted by molar-refractivity contribution is 7.92. The molecule has 3 unspecified atom stereocenters. The second-order valence-electron chi connectivity index (χ2n) is 5.91. The van der Waals surface area contributed by atoms with Crippen LogP contribution in [0.5, 0.6) is 0 Å². The third-order valence-electron chi connectivity index (χ3n) is 4.31. The van der Waals surface area contributed by atoms with Crippen LogP contribution in [0.15, 0.2) is 23.1 Å². The van der Waals surface area contributed by atoms with Gasteiger partial charge in [-0.15, -0.1) is 0 Å². The summed E-state index contributed by atoms with van der Waals surface area (Å²) < 4.78 is 25.5. The quantitative estimate of drug-likeness (QED) is 0.906. The second kappa shape index (κ2) is 5.25. The maximum atomic E-state index is 12.7. The van der Waals surface area contributed by atoms with Gasteiger partial charge in [-0.25, -0.2) is 8.42 Å². The summed E-state index contributed by atoms with van der Waals surface area (Å²) in [4.78, 5) is 0.421. The Morgan fingerprint density at radius 1 is 1.16 bits per heavy atom. The zero-order valence-corrected chi connectivity index (χ0v) is 12.7. The van der Waals surface area contributed by atoms with E-state index in [0.717, 1.165) is 24.0 Å². The maximum absolute atomic E-state index is 12.7. The van der Waals surface area contributed by atoms with Crippen LogP contribution in [0.1, 0.15) is 37.3 Å². The predicted molar refractivity (Wildman–Crippen MR) is 77.9 cm³/mol. The SMILES string of the molecule is Cc1ccc(S(=O)(=O)C2CC(C)CCC2N)cc1C. The van der Waals surface area contributed by atoms with Crippen molar-refractivity contribution < 1.29 is 8.42 Å². The molecule has 1 aliphatic carbocycles. The summed E-state index contributed by atoms with van der Waals surface area (Å²) in [6, 6.07) is 5.13. The molecule has 0 saturated heterocycles. The van der Waals surface area contributed by atoms with Crippen molar-refractivity contribution in [2.45, 2.75) is 56.2 Å². The fourth-order valence-electron chi connectivity index (χ4n) is 2.77. The van der Waals surface area contributed by atoms with E-state index in [1.807, 2.05) is 19.9 Å². The van der Waals surface area contributed by atoms with E-state index in [0.29, 0.717) is 17.2 Å². The summed E-state index contributed by atoms with van der Waals surface area (Å²) in [7, 11) is -3.31. The number of benzene rings is 1. The van der Waals surface area contributed by atoms with E-state index in [9.17, 15) is 8.42 Å². The molecule has 1 aliphatic rings. The molecule has 1 aromatic rings. The van der Waals surface area contributed by atoms with Crippen molar-refractivity contribution in [3.05, 3.63) is 29.3 Å². The van der Waals surface area contributed by atoms with E-state index < -0.39 is 15.1 Å². The maximum Gasteiger partial charge on any atom is 0.182 e. The summed E-state index contributed by atoms with van der Waals surface area (Å²) in [6.45, 7) is 6.03. The van der Waals surface area contributed by atoms with Gasteiger partial charge in [0.05, 0.1) is 10.1 Å². The lowest BCUT2D eigenvalue weighted by Crippen LogP contribution is -2.44. The zero-order chi connectivity index (χ0) is 14.2. The lowest BCUT2D eigenvalue weighted by Gasteiger charge is -2.32. The molecule has 1 fully saturated rings. The topological polar surface area (TPSA) is 60.2 Å². The van der Waals surface area contributed by atoms with Crippen molar-refractivity contribution in [2.24, 2.45) is 11.7 Å². The summed E-state index contributed by atoms with van der Waals surface area (Å²) >= 11 is 0. The Hall–Kier alpha value is -0.870. The van der Waals surface area contributed by atoms with E-state index in [-0.39, 0.29) is 6.04 Å². The first-order valence-electron chi connectivity index (χ1n) is 6.89. The van der Waals surface area contributed by atoms with Gasteiger partial charge < -0.3 is 5.73 Å². The summed E-state index contributed by atoms with van der Waals surface area (Å²) in [5, 5.41) is -0.432. The molecule has 1 aromatic carbocycles. The van der Waals surface area contributed by atoms with Gasteiger partial charge in [0.1, 0.15) is 0 Å². The van der Waals surface area contributed by atoms with Crippen LogP contribution in [-0.4, -0.2) is 19.7 Å². The van der Waals surface area contributed by atoms with Gasteiger partial charge in [0, 0.05) is 6.04 Å². The minimum atomic E-state index is -3.31. The average Bonchev–Trinajstić information content (AvgIpc) is 2.35. The van der Waals surface area contributed by atoms with Gasteiger partial charge in [0.15, 0.2) is 9.84 Å². The highest BCUT2D eigenvalue weighted by atomic mass is 32.2. The van der Waals surface area contributed by atoms with Gasteiger partial charge in [-0.1, -0.05) is 13.0 Å². The zero-order valence-electron chi connectivity index (χ0n) is 11.9. The lowest BCUT2D eigenvalue weighted by atomic mass is 9.87. The molecule has 2 rings (SSSR count). The van der Waals surface area contributed by atoms with Gasteiger partial charge in [-0.05, 0) is 62.3 Å². The van der Waals surface area contributed by atoms with Crippen LogP contribution in [0.4, 0.5) is 0 Å². The molecule has 0 bridgehead atoms. The van der Waals surface area contributed by atoms with E-state index in [1.165, 1.54) is 0 Å². The molecule has 4 heteroatoms. The minimum Gasteiger partial charge on any atom is -0.327 e. The van der Waals surface area contributed by atoms with Crippen molar-refractivity contribution >= 4 is 9.84 Å². The number of hydrogen-bond acceptors (Lipinski definition) is 3. The first kappa shape index (κ1) is 14.5. The Balaban J connectivity index is 2.38. The molecular weight excluding hydrogens is 258 g/mol. The monoisotopic (exact) mass is 281 g/mol. The van der Waals surface area contributed by atoms with Crippen LogP contribution in [0.25, 0.3) is 0 Å². The van der Waals surface area contributed by atoms with Crippen LogP contribution in [0.2, 0.25) is 0 Å². The standard InChI is InChI=1S/C15H23NO2S/c1-10-4-7-14(16)15(8-10)19(17,18)13-6-5-11(2)12(3)9-13/h5-6,9-10,14-15H,4,7-8,16H2,1-3H3. The highest BCUT2D eigenvalue weighted by Gasteiger charge is 2.36. The Morgan fingerprint density at radius 2 is 1.84 bits per heavy atom. The molecule has 0 aliphatic heterocycles. The van der Waals surface area contributed by atoms with Crippen LogP contribution in [0.3, 0.4) is 0 Å². The summed E-state index contributed by atoms with van der Waals surface area (Å²) in [6.07, 6.45) is 2.51. The summed E-state index contributed by atoms with van der Waals surface area (Å²) in [5.41, 5.74) is 8.18. The second-order valence-corrected chi connectivity index (χ2v) is 8.08. The van der Waals surface area contributed by atoms with E-state index in [1.54, 1.807) is 12.1 Å². The van der Waals surface area contributed by atoms with E-state index >= 15 is 0 Å². The van der Waals surface area contributed by atoms with Gasteiger partial charge in [-0.3, -0.25) is 0 Å². The average molecular weight is 281 g/mol. The largest absolute Gasteiger partial charge is 0.327 e.